The first-order valence-corrected chi connectivity index (χ1v) is 8.70. The van der Waals surface area contributed by atoms with Gasteiger partial charge in [-0.05, 0) is 41.8 Å². The average molecular weight is 366 g/mol. The molecule has 2 amide bonds. The number of carbonyl (C=O) groups excluding carboxylic acids is 2. The lowest BCUT2D eigenvalue weighted by Gasteiger charge is -2.17. The van der Waals surface area contributed by atoms with Gasteiger partial charge in [0.2, 0.25) is 5.91 Å². The Morgan fingerprint density at radius 1 is 0.963 bits per heavy atom. The van der Waals surface area contributed by atoms with E-state index < -0.39 is 23.2 Å². The van der Waals surface area contributed by atoms with Gasteiger partial charge in [-0.3, -0.25) is 14.4 Å². The minimum absolute atomic E-state index is 0.159. The zero-order valence-electron chi connectivity index (χ0n) is 15.5. The van der Waals surface area contributed by atoms with Gasteiger partial charge < -0.3 is 15.3 Å². The Hall–Kier alpha value is -3.15. The van der Waals surface area contributed by atoms with Crippen molar-refractivity contribution in [1.82, 2.24) is 0 Å². The summed E-state index contributed by atoms with van der Waals surface area (Å²) in [5.41, 5.74) is 1.26. The minimum Gasteiger partial charge on any atom is -0.481 e. The summed E-state index contributed by atoms with van der Waals surface area (Å²) >= 11 is 0. The lowest BCUT2D eigenvalue weighted by Crippen LogP contribution is -2.26. The van der Waals surface area contributed by atoms with Crippen molar-refractivity contribution >= 4 is 29.2 Å². The van der Waals surface area contributed by atoms with E-state index in [9.17, 15) is 19.5 Å². The number of hydrogen-bond acceptors (Lipinski definition) is 3. The second-order valence-corrected chi connectivity index (χ2v) is 7.38. The van der Waals surface area contributed by atoms with Crippen molar-refractivity contribution in [3.05, 3.63) is 60.2 Å². The summed E-state index contributed by atoms with van der Waals surface area (Å²) in [5.74, 6) is -2.65. The third-order valence-electron chi connectivity index (χ3n) is 5.22. The van der Waals surface area contributed by atoms with Crippen LogP contribution < -0.4 is 10.2 Å². The van der Waals surface area contributed by atoms with Gasteiger partial charge in [-0.2, -0.15) is 0 Å². The first-order chi connectivity index (χ1) is 12.7. The molecular formula is C21H22N2O4. The van der Waals surface area contributed by atoms with E-state index in [1.165, 1.54) is 0 Å². The molecule has 0 heterocycles. The molecule has 2 atom stereocenters. The summed E-state index contributed by atoms with van der Waals surface area (Å²) in [7, 11) is 1.70. The van der Waals surface area contributed by atoms with E-state index in [0.29, 0.717) is 11.3 Å². The van der Waals surface area contributed by atoms with Gasteiger partial charge in [-0.15, -0.1) is 0 Å². The van der Waals surface area contributed by atoms with Gasteiger partial charge >= 0.3 is 5.97 Å². The molecule has 140 valence electrons. The molecule has 1 fully saturated rings. The number of benzene rings is 2. The maximum atomic E-state index is 12.6. The van der Waals surface area contributed by atoms with E-state index in [4.69, 9.17) is 0 Å². The molecule has 0 radical (unpaired) electrons. The Balaban J connectivity index is 1.66. The smallest absolute Gasteiger partial charge is 0.307 e. The first kappa shape index (κ1) is 18.6. The van der Waals surface area contributed by atoms with Crippen LogP contribution in [0.4, 0.5) is 11.4 Å². The van der Waals surface area contributed by atoms with Crippen LogP contribution in [0, 0.1) is 17.3 Å². The van der Waals surface area contributed by atoms with E-state index in [-0.39, 0.29) is 11.8 Å². The molecule has 0 saturated heterocycles. The van der Waals surface area contributed by atoms with Crippen LogP contribution in [0.25, 0.3) is 0 Å². The molecular weight excluding hydrogens is 344 g/mol. The van der Waals surface area contributed by atoms with Gasteiger partial charge in [0.05, 0.1) is 11.8 Å². The van der Waals surface area contributed by atoms with Crippen LogP contribution in [0.15, 0.2) is 54.6 Å². The summed E-state index contributed by atoms with van der Waals surface area (Å²) < 4.78 is 0. The number of hydrogen-bond donors (Lipinski definition) is 2. The number of rotatable bonds is 5. The van der Waals surface area contributed by atoms with Gasteiger partial charge in [0.1, 0.15) is 0 Å². The van der Waals surface area contributed by atoms with E-state index in [2.05, 4.69) is 5.32 Å². The molecule has 1 saturated carbocycles. The Morgan fingerprint density at radius 3 is 2.07 bits per heavy atom. The SMILES string of the molecule is CN(C(=O)c1ccc(NC(=O)[C@H]2[C@H](C(=O)O)C2(C)C)cc1)c1ccccc1. The van der Waals surface area contributed by atoms with Gasteiger partial charge in [-0.25, -0.2) is 0 Å². The lowest BCUT2D eigenvalue weighted by molar-refractivity contribution is -0.140. The number of para-hydroxylation sites is 1. The summed E-state index contributed by atoms with van der Waals surface area (Å²) in [5, 5.41) is 11.9. The van der Waals surface area contributed by atoms with E-state index in [1.807, 2.05) is 30.3 Å². The second kappa shape index (κ2) is 6.87. The molecule has 0 unspecified atom stereocenters. The molecule has 0 bridgehead atoms. The van der Waals surface area contributed by atoms with Gasteiger partial charge in [0.25, 0.3) is 5.91 Å². The van der Waals surface area contributed by atoms with E-state index in [0.717, 1.165) is 5.69 Å². The highest BCUT2D eigenvalue weighted by atomic mass is 16.4. The molecule has 2 aromatic rings. The summed E-state index contributed by atoms with van der Waals surface area (Å²) in [6.07, 6.45) is 0. The average Bonchev–Trinajstić information content (AvgIpc) is 3.24. The lowest BCUT2D eigenvalue weighted by atomic mass is 10.1. The molecule has 0 aromatic heterocycles. The van der Waals surface area contributed by atoms with Crippen molar-refractivity contribution in [2.75, 3.05) is 17.3 Å². The molecule has 27 heavy (non-hydrogen) atoms. The molecule has 0 spiro atoms. The fraction of sp³-hybridized carbons (Fsp3) is 0.286. The van der Waals surface area contributed by atoms with E-state index in [1.54, 1.807) is 50.1 Å². The Kier molecular flexibility index (Phi) is 4.74. The largest absolute Gasteiger partial charge is 0.481 e. The summed E-state index contributed by atoms with van der Waals surface area (Å²) in [6.45, 7) is 3.55. The third-order valence-corrected chi connectivity index (χ3v) is 5.22. The summed E-state index contributed by atoms with van der Waals surface area (Å²) in [6, 6.07) is 15.9. The van der Waals surface area contributed by atoms with Crippen LogP contribution in [-0.2, 0) is 9.59 Å². The normalized spacial score (nSPS) is 19.8. The number of amides is 2. The third kappa shape index (κ3) is 3.56. The number of nitrogens with one attached hydrogen (secondary N) is 1. The molecule has 6 heteroatoms. The predicted octanol–water partition coefficient (Wildman–Crippen LogP) is 3.26. The number of nitrogens with zero attached hydrogens (tertiary/aromatic N) is 1. The van der Waals surface area contributed by atoms with Crippen LogP contribution >= 0.6 is 0 Å². The van der Waals surface area contributed by atoms with Crippen molar-refractivity contribution in [2.45, 2.75) is 13.8 Å². The monoisotopic (exact) mass is 366 g/mol. The molecule has 0 aliphatic heterocycles. The highest BCUT2D eigenvalue weighted by Gasteiger charge is 2.65. The van der Waals surface area contributed by atoms with Crippen molar-refractivity contribution in [3.8, 4) is 0 Å². The van der Waals surface area contributed by atoms with Gasteiger partial charge in [0.15, 0.2) is 0 Å². The fourth-order valence-electron chi connectivity index (χ4n) is 3.47. The number of anilines is 2. The molecule has 1 aliphatic carbocycles. The number of carbonyl (C=O) groups is 3. The minimum atomic E-state index is -0.954. The number of aliphatic carboxylic acids is 1. The Labute approximate surface area is 157 Å². The first-order valence-electron chi connectivity index (χ1n) is 8.70. The Morgan fingerprint density at radius 2 is 1.56 bits per heavy atom. The number of carboxylic acid groups (broad SMARTS) is 1. The van der Waals surface area contributed by atoms with Crippen LogP contribution in [-0.4, -0.2) is 29.9 Å². The second-order valence-electron chi connectivity index (χ2n) is 7.38. The maximum Gasteiger partial charge on any atom is 0.307 e. The van der Waals surface area contributed by atoms with Gasteiger partial charge in [0, 0.05) is 24.0 Å². The van der Waals surface area contributed by atoms with Crippen LogP contribution in [0.1, 0.15) is 24.2 Å². The molecule has 6 nitrogen and oxygen atoms in total. The molecule has 2 aromatic carbocycles. The zero-order valence-corrected chi connectivity index (χ0v) is 15.5. The topological polar surface area (TPSA) is 86.7 Å². The zero-order chi connectivity index (χ0) is 19.8. The highest BCUT2D eigenvalue weighted by molar-refractivity contribution is 6.06. The summed E-state index contributed by atoms with van der Waals surface area (Å²) in [4.78, 5) is 37.7. The van der Waals surface area contributed by atoms with Crippen LogP contribution in [0.5, 0.6) is 0 Å². The Bertz CT molecular complexity index is 875. The molecule has 2 N–H and O–H groups in total. The number of carboxylic acids is 1. The van der Waals surface area contributed by atoms with Crippen LogP contribution in [0.3, 0.4) is 0 Å². The van der Waals surface area contributed by atoms with Crippen molar-refractivity contribution in [3.63, 3.8) is 0 Å². The predicted molar refractivity (Wildman–Crippen MR) is 103 cm³/mol. The fourth-order valence-corrected chi connectivity index (χ4v) is 3.47. The molecule has 3 rings (SSSR count). The maximum absolute atomic E-state index is 12.6. The quantitative estimate of drug-likeness (QED) is 0.850. The van der Waals surface area contributed by atoms with Crippen molar-refractivity contribution in [1.29, 1.82) is 0 Å². The highest BCUT2D eigenvalue weighted by Crippen LogP contribution is 2.58. The van der Waals surface area contributed by atoms with Crippen LogP contribution in [0.2, 0.25) is 0 Å². The van der Waals surface area contributed by atoms with Gasteiger partial charge in [-0.1, -0.05) is 32.0 Å². The molecule has 1 aliphatic rings. The standard InChI is InChI=1S/C21H22N2O4/c1-21(2)16(17(21)20(26)27)18(24)22-14-11-9-13(10-12-14)19(25)23(3)15-7-5-4-6-8-15/h4-12,16-17H,1-3H3,(H,22,24)(H,26,27)/t16-,17-/m1/s1. The van der Waals surface area contributed by atoms with Crippen molar-refractivity contribution in [2.24, 2.45) is 17.3 Å². The van der Waals surface area contributed by atoms with E-state index >= 15 is 0 Å². The van der Waals surface area contributed by atoms with Crippen molar-refractivity contribution < 1.29 is 19.5 Å².